The molecular weight excluding hydrogens is 287 g/mol. The van der Waals surface area contributed by atoms with Gasteiger partial charge in [0.05, 0.1) is 25.3 Å². The number of nitrogens with zero attached hydrogens (tertiary/aromatic N) is 1. The maximum atomic E-state index is 13.0. The summed E-state index contributed by atoms with van der Waals surface area (Å²) in [6.45, 7) is 1.64. The number of furan rings is 1. The van der Waals surface area contributed by atoms with E-state index in [9.17, 15) is 9.18 Å². The predicted octanol–water partition coefficient (Wildman–Crippen LogP) is 2.09. The van der Waals surface area contributed by atoms with Gasteiger partial charge in [0, 0.05) is 6.54 Å². The number of benzene rings is 1. The van der Waals surface area contributed by atoms with Crippen LogP contribution in [0, 0.1) is 5.82 Å². The summed E-state index contributed by atoms with van der Waals surface area (Å²) >= 11 is 0. The van der Waals surface area contributed by atoms with Gasteiger partial charge in [-0.2, -0.15) is 0 Å². The van der Waals surface area contributed by atoms with Crippen molar-refractivity contribution in [2.75, 3.05) is 19.7 Å². The number of nitrogens with two attached hydrogens (primary N) is 1. The SMILES string of the molecule is NCc1cc(C(=O)N2CCOC(c3ccc(F)cc3)C2)co1. The quantitative estimate of drug-likeness (QED) is 0.942. The minimum absolute atomic E-state index is 0.112. The normalized spacial score (nSPS) is 18.5. The lowest BCUT2D eigenvalue weighted by atomic mass is 10.1. The van der Waals surface area contributed by atoms with E-state index in [0.29, 0.717) is 31.0 Å². The number of ether oxygens (including phenoxy) is 1. The van der Waals surface area contributed by atoms with E-state index in [1.807, 2.05) is 0 Å². The van der Waals surface area contributed by atoms with Crippen molar-refractivity contribution in [1.82, 2.24) is 4.90 Å². The van der Waals surface area contributed by atoms with Gasteiger partial charge in [-0.1, -0.05) is 12.1 Å². The number of carbonyl (C=O) groups excluding carboxylic acids is 1. The van der Waals surface area contributed by atoms with Gasteiger partial charge in [-0.15, -0.1) is 0 Å². The van der Waals surface area contributed by atoms with Crippen molar-refractivity contribution >= 4 is 5.91 Å². The summed E-state index contributed by atoms with van der Waals surface area (Å²) in [7, 11) is 0. The van der Waals surface area contributed by atoms with Gasteiger partial charge in [-0.25, -0.2) is 4.39 Å². The molecule has 1 aromatic carbocycles. The molecule has 6 heteroatoms. The van der Waals surface area contributed by atoms with Gasteiger partial charge in [0.1, 0.15) is 23.9 Å². The van der Waals surface area contributed by atoms with Gasteiger partial charge in [-0.3, -0.25) is 4.79 Å². The maximum absolute atomic E-state index is 13.0. The van der Waals surface area contributed by atoms with Gasteiger partial charge in [0.25, 0.3) is 5.91 Å². The van der Waals surface area contributed by atoms with Crippen molar-refractivity contribution < 1.29 is 18.3 Å². The molecule has 1 saturated heterocycles. The summed E-state index contributed by atoms with van der Waals surface area (Å²) in [6.07, 6.45) is 1.17. The minimum atomic E-state index is -0.291. The number of hydrogen-bond donors (Lipinski definition) is 1. The smallest absolute Gasteiger partial charge is 0.257 e. The van der Waals surface area contributed by atoms with E-state index >= 15 is 0 Å². The van der Waals surface area contributed by atoms with Crippen molar-refractivity contribution in [2.45, 2.75) is 12.6 Å². The molecule has 3 rings (SSSR count). The number of hydrogen-bond acceptors (Lipinski definition) is 4. The Labute approximate surface area is 127 Å². The standard InChI is InChI=1S/C16H17FN2O3/c17-13-3-1-11(2-4-13)15-9-19(5-6-21-15)16(20)12-7-14(8-18)22-10-12/h1-4,7,10,15H,5-6,8-9,18H2. The fraction of sp³-hybridized carbons (Fsp3) is 0.312. The van der Waals surface area contributed by atoms with E-state index in [1.54, 1.807) is 23.1 Å². The molecule has 22 heavy (non-hydrogen) atoms. The zero-order chi connectivity index (χ0) is 15.5. The first-order valence-electron chi connectivity index (χ1n) is 7.11. The molecule has 5 nitrogen and oxygen atoms in total. The highest BCUT2D eigenvalue weighted by Gasteiger charge is 2.27. The Kier molecular flexibility index (Phi) is 4.22. The third-order valence-corrected chi connectivity index (χ3v) is 3.70. The Morgan fingerprint density at radius 1 is 1.36 bits per heavy atom. The number of morpholine rings is 1. The van der Waals surface area contributed by atoms with Gasteiger partial charge < -0.3 is 19.8 Å². The van der Waals surface area contributed by atoms with Gasteiger partial charge in [0.2, 0.25) is 0 Å². The van der Waals surface area contributed by atoms with Gasteiger partial charge in [0.15, 0.2) is 0 Å². The zero-order valence-electron chi connectivity index (χ0n) is 12.0. The van der Waals surface area contributed by atoms with Crippen LogP contribution in [0.3, 0.4) is 0 Å². The van der Waals surface area contributed by atoms with Crippen molar-refractivity contribution in [3.05, 3.63) is 59.3 Å². The van der Waals surface area contributed by atoms with Crippen LogP contribution in [0.15, 0.2) is 41.0 Å². The van der Waals surface area contributed by atoms with Crippen LogP contribution in [0.25, 0.3) is 0 Å². The number of halogens is 1. The molecule has 0 radical (unpaired) electrons. The van der Waals surface area contributed by atoms with Crippen LogP contribution in [-0.2, 0) is 11.3 Å². The van der Waals surface area contributed by atoms with E-state index < -0.39 is 0 Å². The number of carbonyl (C=O) groups is 1. The fourth-order valence-corrected chi connectivity index (χ4v) is 2.50. The van der Waals surface area contributed by atoms with Crippen LogP contribution in [0.5, 0.6) is 0 Å². The Bertz CT molecular complexity index is 654. The van der Waals surface area contributed by atoms with Crippen LogP contribution in [-0.4, -0.2) is 30.5 Å². The highest BCUT2D eigenvalue weighted by molar-refractivity contribution is 5.94. The third kappa shape index (κ3) is 3.03. The van der Waals surface area contributed by atoms with Crippen molar-refractivity contribution in [1.29, 1.82) is 0 Å². The van der Waals surface area contributed by atoms with Crippen LogP contribution >= 0.6 is 0 Å². The molecule has 1 aliphatic heterocycles. The Morgan fingerprint density at radius 3 is 2.82 bits per heavy atom. The third-order valence-electron chi connectivity index (χ3n) is 3.70. The summed E-state index contributed by atoms with van der Waals surface area (Å²) in [4.78, 5) is 14.2. The van der Waals surface area contributed by atoms with Crippen LogP contribution in [0.1, 0.15) is 27.8 Å². The monoisotopic (exact) mass is 304 g/mol. The summed E-state index contributed by atoms with van der Waals surface area (Å²) in [5.74, 6) is 0.172. The lowest BCUT2D eigenvalue weighted by Crippen LogP contribution is -2.42. The molecular formula is C16H17FN2O3. The molecule has 1 unspecified atom stereocenters. The molecule has 0 aliphatic carbocycles. The fourth-order valence-electron chi connectivity index (χ4n) is 2.50. The van der Waals surface area contributed by atoms with Gasteiger partial charge in [-0.05, 0) is 23.8 Å². The Hall–Kier alpha value is -2.18. The Balaban J connectivity index is 1.72. The van der Waals surface area contributed by atoms with E-state index in [0.717, 1.165) is 5.56 Å². The second-order valence-electron chi connectivity index (χ2n) is 5.17. The topological polar surface area (TPSA) is 68.7 Å². The number of rotatable bonds is 3. The molecule has 1 atom stereocenters. The molecule has 1 fully saturated rings. The van der Waals surface area contributed by atoms with Crippen LogP contribution in [0.2, 0.25) is 0 Å². The first kappa shape index (κ1) is 14.7. The van der Waals surface area contributed by atoms with Crippen molar-refractivity contribution in [3.8, 4) is 0 Å². The second-order valence-corrected chi connectivity index (χ2v) is 5.17. The predicted molar refractivity (Wildman–Crippen MR) is 77.6 cm³/mol. The maximum Gasteiger partial charge on any atom is 0.257 e. The average molecular weight is 304 g/mol. The van der Waals surface area contributed by atoms with Crippen LogP contribution < -0.4 is 5.73 Å². The van der Waals surface area contributed by atoms with E-state index in [2.05, 4.69) is 0 Å². The lowest BCUT2D eigenvalue weighted by Gasteiger charge is -2.33. The molecule has 2 heterocycles. The van der Waals surface area contributed by atoms with Crippen molar-refractivity contribution in [3.63, 3.8) is 0 Å². The molecule has 2 aromatic rings. The molecule has 1 aromatic heterocycles. The molecule has 0 saturated carbocycles. The van der Waals surface area contributed by atoms with Crippen molar-refractivity contribution in [2.24, 2.45) is 5.73 Å². The summed E-state index contributed by atoms with van der Waals surface area (Å²) in [5.41, 5.74) is 6.82. The first-order valence-corrected chi connectivity index (χ1v) is 7.11. The molecule has 0 bridgehead atoms. The molecule has 2 N–H and O–H groups in total. The largest absolute Gasteiger partial charge is 0.467 e. The summed E-state index contributed by atoms with van der Waals surface area (Å²) in [5, 5.41) is 0. The highest BCUT2D eigenvalue weighted by atomic mass is 19.1. The molecule has 0 spiro atoms. The van der Waals surface area contributed by atoms with Gasteiger partial charge >= 0.3 is 0 Å². The average Bonchev–Trinajstić information content (AvgIpc) is 3.04. The van der Waals surface area contributed by atoms with Crippen LogP contribution in [0.4, 0.5) is 4.39 Å². The summed E-state index contributed by atoms with van der Waals surface area (Å²) < 4.78 is 23.9. The van der Waals surface area contributed by atoms with E-state index in [4.69, 9.17) is 14.9 Å². The Morgan fingerprint density at radius 2 is 2.14 bits per heavy atom. The lowest BCUT2D eigenvalue weighted by molar-refractivity contribution is -0.0228. The van der Waals surface area contributed by atoms with E-state index in [1.165, 1.54) is 18.4 Å². The number of amides is 1. The molecule has 1 amide bonds. The first-order chi connectivity index (χ1) is 10.7. The molecule has 116 valence electrons. The summed E-state index contributed by atoms with van der Waals surface area (Å²) in [6, 6.07) is 7.80. The zero-order valence-corrected chi connectivity index (χ0v) is 12.0. The second kappa shape index (κ2) is 6.29. The molecule has 1 aliphatic rings. The van der Waals surface area contributed by atoms with E-state index in [-0.39, 0.29) is 24.4 Å². The minimum Gasteiger partial charge on any atom is -0.467 e. The highest BCUT2D eigenvalue weighted by Crippen LogP contribution is 2.24.